The highest BCUT2D eigenvalue weighted by molar-refractivity contribution is 5.92. The molecular formula is C13H14N4O3. The third-order valence-electron chi connectivity index (χ3n) is 3.53. The van der Waals surface area contributed by atoms with Crippen molar-refractivity contribution < 1.29 is 10.0 Å². The summed E-state index contributed by atoms with van der Waals surface area (Å²) in [6.45, 7) is 1.46. The van der Waals surface area contributed by atoms with Crippen molar-refractivity contribution in [3.8, 4) is 0 Å². The molecule has 0 atom stereocenters. The fourth-order valence-corrected chi connectivity index (χ4v) is 2.35. The third kappa shape index (κ3) is 1.87. The normalized spacial score (nSPS) is 15.9. The molecule has 0 unspecified atom stereocenters. The number of anilines is 1. The average Bonchev–Trinajstić information content (AvgIpc) is 2.46. The van der Waals surface area contributed by atoms with E-state index in [0.29, 0.717) is 28.9 Å². The molecule has 1 aliphatic heterocycles. The molecule has 1 amide bonds. The van der Waals surface area contributed by atoms with Crippen LogP contribution in [0.15, 0.2) is 29.2 Å². The average molecular weight is 274 g/mol. The first-order chi connectivity index (χ1) is 9.58. The van der Waals surface area contributed by atoms with Gasteiger partial charge in [-0.2, -0.15) is 0 Å². The van der Waals surface area contributed by atoms with Gasteiger partial charge in [-0.05, 0) is 12.1 Å². The Morgan fingerprint density at radius 3 is 2.85 bits per heavy atom. The van der Waals surface area contributed by atoms with Crippen LogP contribution in [0.4, 0.5) is 5.69 Å². The monoisotopic (exact) mass is 274 g/mol. The maximum Gasteiger partial charge on any atom is 0.286 e. The fraction of sp³-hybridized carbons (Fsp3) is 0.308. The summed E-state index contributed by atoms with van der Waals surface area (Å²) in [5.41, 5.74) is 0.267. The van der Waals surface area contributed by atoms with Gasteiger partial charge in [-0.25, -0.2) is 4.98 Å². The van der Waals surface area contributed by atoms with E-state index in [-0.39, 0.29) is 18.1 Å². The highest BCUT2D eigenvalue weighted by Gasteiger charge is 2.23. The van der Waals surface area contributed by atoms with Gasteiger partial charge in [0, 0.05) is 37.8 Å². The van der Waals surface area contributed by atoms with Gasteiger partial charge in [0.25, 0.3) is 5.56 Å². The summed E-state index contributed by atoms with van der Waals surface area (Å²) in [5.74, 6) is 0.00136. The van der Waals surface area contributed by atoms with E-state index in [0.717, 1.165) is 0 Å². The molecule has 2 aromatic heterocycles. The summed E-state index contributed by atoms with van der Waals surface area (Å²) in [4.78, 5) is 31.1. The molecule has 0 saturated carbocycles. The highest BCUT2D eigenvalue weighted by atomic mass is 16.5. The first-order valence-corrected chi connectivity index (χ1v) is 6.27. The van der Waals surface area contributed by atoms with Gasteiger partial charge >= 0.3 is 0 Å². The minimum Gasteiger partial charge on any atom is -0.423 e. The molecule has 1 saturated heterocycles. The van der Waals surface area contributed by atoms with Crippen LogP contribution in [0.1, 0.15) is 0 Å². The van der Waals surface area contributed by atoms with E-state index in [1.807, 2.05) is 4.90 Å². The van der Waals surface area contributed by atoms with Crippen LogP contribution in [0.3, 0.4) is 0 Å². The molecule has 1 fully saturated rings. The van der Waals surface area contributed by atoms with E-state index in [2.05, 4.69) is 4.98 Å². The van der Waals surface area contributed by atoms with E-state index < -0.39 is 5.56 Å². The second-order valence-electron chi connectivity index (χ2n) is 4.79. The quantitative estimate of drug-likeness (QED) is 0.735. The van der Waals surface area contributed by atoms with Crippen molar-refractivity contribution in [2.24, 2.45) is 0 Å². The highest BCUT2D eigenvalue weighted by Crippen LogP contribution is 2.24. The zero-order chi connectivity index (χ0) is 14.3. The van der Waals surface area contributed by atoms with E-state index in [1.54, 1.807) is 24.1 Å². The van der Waals surface area contributed by atoms with E-state index in [1.165, 1.54) is 12.3 Å². The lowest BCUT2D eigenvalue weighted by Crippen LogP contribution is -2.49. The van der Waals surface area contributed by atoms with Crippen molar-refractivity contribution in [3.05, 3.63) is 34.7 Å². The van der Waals surface area contributed by atoms with Crippen molar-refractivity contribution in [1.29, 1.82) is 0 Å². The predicted molar refractivity (Wildman–Crippen MR) is 73.0 cm³/mol. The molecule has 1 aliphatic rings. The molecule has 1 N–H and O–H groups in total. The maximum atomic E-state index is 11.8. The zero-order valence-corrected chi connectivity index (χ0v) is 11.0. The Balaban J connectivity index is 2.15. The molecule has 20 heavy (non-hydrogen) atoms. The summed E-state index contributed by atoms with van der Waals surface area (Å²) in [5, 5.41) is 10.4. The molecule has 0 radical (unpaired) electrons. The fourth-order valence-electron chi connectivity index (χ4n) is 2.35. The molecule has 7 heteroatoms. The van der Waals surface area contributed by atoms with Crippen molar-refractivity contribution >= 4 is 22.6 Å². The Bertz CT molecular complexity index is 740. The maximum absolute atomic E-state index is 11.8. The number of pyridine rings is 2. The molecule has 0 aromatic carbocycles. The van der Waals surface area contributed by atoms with E-state index in [9.17, 15) is 14.8 Å². The second-order valence-corrected chi connectivity index (χ2v) is 4.79. The molecule has 0 spiro atoms. The number of aromatic nitrogens is 2. The Morgan fingerprint density at radius 1 is 1.30 bits per heavy atom. The van der Waals surface area contributed by atoms with Gasteiger partial charge in [-0.15, -0.1) is 4.73 Å². The molecular weight excluding hydrogens is 260 g/mol. The van der Waals surface area contributed by atoms with Gasteiger partial charge in [0.2, 0.25) is 5.91 Å². The number of fused-ring (bicyclic) bond motifs is 1. The Labute approximate surface area is 114 Å². The van der Waals surface area contributed by atoms with Crippen LogP contribution < -0.4 is 10.5 Å². The molecule has 3 rings (SSSR count). The number of amides is 1. The minimum atomic E-state index is -0.558. The SMILES string of the molecule is CN1CCN(c2cc(=O)n(O)c3ncccc23)CC1=O. The van der Waals surface area contributed by atoms with Crippen molar-refractivity contribution in [2.45, 2.75) is 0 Å². The lowest BCUT2D eigenvalue weighted by atomic mass is 10.2. The topological polar surface area (TPSA) is 78.7 Å². The van der Waals surface area contributed by atoms with Gasteiger partial charge in [0.15, 0.2) is 5.65 Å². The van der Waals surface area contributed by atoms with Crippen LogP contribution in [0, 0.1) is 0 Å². The molecule has 2 aromatic rings. The number of hydrogen-bond donors (Lipinski definition) is 1. The first-order valence-electron chi connectivity index (χ1n) is 6.27. The summed E-state index contributed by atoms with van der Waals surface area (Å²) >= 11 is 0. The van der Waals surface area contributed by atoms with Crippen LogP contribution in [0.2, 0.25) is 0 Å². The number of nitrogens with zero attached hydrogens (tertiary/aromatic N) is 4. The van der Waals surface area contributed by atoms with Crippen molar-refractivity contribution in [1.82, 2.24) is 14.6 Å². The van der Waals surface area contributed by atoms with Gasteiger partial charge in [0.05, 0.1) is 12.2 Å². The minimum absolute atomic E-state index is 0.00136. The van der Waals surface area contributed by atoms with Gasteiger partial charge in [-0.3, -0.25) is 9.59 Å². The summed E-state index contributed by atoms with van der Waals surface area (Å²) < 4.78 is 0.525. The Kier molecular flexibility index (Phi) is 2.81. The molecule has 104 valence electrons. The number of rotatable bonds is 1. The lowest BCUT2D eigenvalue weighted by Gasteiger charge is -2.33. The number of hydrogen-bond acceptors (Lipinski definition) is 5. The number of piperazine rings is 1. The second kappa shape index (κ2) is 4.52. The van der Waals surface area contributed by atoms with Crippen LogP contribution in [0.25, 0.3) is 11.0 Å². The molecule has 3 heterocycles. The molecule has 0 bridgehead atoms. The Hall–Kier alpha value is -2.57. The van der Waals surface area contributed by atoms with Gasteiger partial charge < -0.3 is 15.0 Å². The number of carbonyl (C=O) groups excluding carboxylic acids is 1. The van der Waals surface area contributed by atoms with Crippen molar-refractivity contribution in [2.75, 3.05) is 31.6 Å². The van der Waals surface area contributed by atoms with E-state index in [4.69, 9.17) is 0 Å². The van der Waals surface area contributed by atoms with Gasteiger partial charge in [0.1, 0.15) is 0 Å². The number of carbonyl (C=O) groups is 1. The van der Waals surface area contributed by atoms with Crippen LogP contribution >= 0.6 is 0 Å². The molecule has 7 nitrogen and oxygen atoms in total. The lowest BCUT2D eigenvalue weighted by molar-refractivity contribution is -0.129. The third-order valence-corrected chi connectivity index (χ3v) is 3.53. The van der Waals surface area contributed by atoms with Gasteiger partial charge in [-0.1, -0.05) is 0 Å². The van der Waals surface area contributed by atoms with Crippen LogP contribution in [-0.4, -0.2) is 52.4 Å². The zero-order valence-electron chi connectivity index (χ0n) is 11.0. The number of likely N-dealkylation sites (N-methyl/N-ethyl adjacent to an activating group) is 1. The summed E-state index contributed by atoms with van der Waals surface area (Å²) in [7, 11) is 1.75. The first kappa shape index (κ1) is 12.5. The largest absolute Gasteiger partial charge is 0.423 e. The van der Waals surface area contributed by atoms with Crippen LogP contribution in [-0.2, 0) is 4.79 Å². The Morgan fingerprint density at radius 2 is 2.10 bits per heavy atom. The van der Waals surface area contributed by atoms with Crippen LogP contribution in [0.5, 0.6) is 0 Å². The van der Waals surface area contributed by atoms with Crippen molar-refractivity contribution in [3.63, 3.8) is 0 Å². The summed E-state index contributed by atoms with van der Waals surface area (Å²) in [6, 6.07) is 4.84. The summed E-state index contributed by atoms with van der Waals surface area (Å²) in [6.07, 6.45) is 1.51. The standard InChI is InChI=1S/C13H14N4O3/c1-15-5-6-16(8-12(15)19)10-7-11(18)17(20)13-9(10)3-2-4-14-13/h2-4,7,20H,5-6,8H2,1H3. The predicted octanol–water partition coefficient (Wildman–Crippen LogP) is -0.0878. The molecule has 0 aliphatic carbocycles. The van der Waals surface area contributed by atoms with E-state index >= 15 is 0 Å². The smallest absolute Gasteiger partial charge is 0.286 e.